The highest BCUT2D eigenvalue weighted by Crippen LogP contribution is 2.18. The molecule has 0 amide bonds. The second-order valence-electron chi connectivity index (χ2n) is 6.85. The van der Waals surface area contributed by atoms with Gasteiger partial charge in [-0.05, 0) is 43.3 Å². The summed E-state index contributed by atoms with van der Waals surface area (Å²) in [6.45, 7) is 1.89. The molecule has 1 aromatic heterocycles. The van der Waals surface area contributed by atoms with Crippen LogP contribution in [0.15, 0.2) is 101 Å². The van der Waals surface area contributed by atoms with Crippen LogP contribution in [0, 0.1) is 6.92 Å². The Labute approximate surface area is 175 Å². The van der Waals surface area contributed by atoms with Gasteiger partial charge in [-0.1, -0.05) is 54.6 Å². The maximum atomic E-state index is 13.2. The SMILES string of the molecule is Cc1c(N=C(Nc2ccccc2)Nc2ccccc2)c(=O)n(-c2ccccc2)n1C. The highest BCUT2D eigenvalue weighted by molar-refractivity contribution is 6.04. The molecule has 1 heterocycles. The predicted molar refractivity (Wildman–Crippen MR) is 123 cm³/mol. The van der Waals surface area contributed by atoms with E-state index in [0.29, 0.717) is 11.6 Å². The molecule has 0 radical (unpaired) electrons. The summed E-state index contributed by atoms with van der Waals surface area (Å²) in [7, 11) is 1.86. The number of aliphatic imine (C=N–C) groups is 1. The molecule has 0 saturated heterocycles. The molecule has 0 spiro atoms. The van der Waals surface area contributed by atoms with Crippen molar-refractivity contribution in [2.45, 2.75) is 6.92 Å². The number of rotatable bonds is 4. The lowest BCUT2D eigenvalue weighted by Crippen LogP contribution is -2.23. The van der Waals surface area contributed by atoms with Crippen molar-refractivity contribution in [2.24, 2.45) is 12.0 Å². The first-order chi connectivity index (χ1) is 14.6. The fourth-order valence-corrected chi connectivity index (χ4v) is 3.20. The molecular formula is C24H23N5O. The summed E-state index contributed by atoms with van der Waals surface area (Å²) < 4.78 is 3.44. The molecule has 3 aromatic carbocycles. The van der Waals surface area contributed by atoms with E-state index in [0.717, 1.165) is 22.8 Å². The zero-order valence-corrected chi connectivity index (χ0v) is 16.9. The lowest BCUT2D eigenvalue weighted by atomic mass is 10.3. The summed E-state index contributed by atoms with van der Waals surface area (Å²) in [5.74, 6) is 0.471. The van der Waals surface area contributed by atoms with Crippen molar-refractivity contribution < 1.29 is 0 Å². The fourth-order valence-electron chi connectivity index (χ4n) is 3.20. The highest BCUT2D eigenvalue weighted by atomic mass is 16.1. The summed E-state index contributed by atoms with van der Waals surface area (Å²) in [5, 5.41) is 6.56. The van der Waals surface area contributed by atoms with Gasteiger partial charge in [-0.25, -0.2) is 9.67 Å². The fraction of sp³-hybridized carbons (Fsp3) is 0.0833. The number of benzene rings is 3. The number of hydrogen-bond donors (Lipinski definition) is 2. The molecule has 0 aliphatic rings. The number of hydrogen-bond acceptors (Lipinski definition) is 2. The van der Waals surface area contributed by atoms with Crippen LogP contribution >= 0.6 is 0 Å². The van der Waals surface area contributed by atoms with E-state index in [1.54, 1.807) is 4.68 Å². The summed E-state index contributed by atoms with van der Waals surface area (Å²) in [6, 6.07) is 29.0. The number of nitrogens with one attached hydrogen (secondary N) is 2. The average molecular weight is 397 g/mol. The molecule has 4 rings (SSSR count). The third kappa shape index (κ3) is 4.03. The van der Waals surface area contributed by atoms with Crippen LogP contribution in [0.1, 0.15) is 5.69 Å². The van der Waals surface area contributed by atoms with Crippen molar-refractivity contribution in [3.8, 4) is 5.69 Å². The van der Waals surface area contributed by atoms with Crippen LogP contribution in [0.4, 0.5) is 17.1 Å². The van der Waals surface area contributed by atoms with E-state index in [2.05, 4.69) is 10.6 Å². The first-order valence-electron chi connectivity index (χ1n) is 9.70. The summed E-state index contributed by atoms with van der Waals surface area (Å²) in [5.41, 5.74) is 3.51. The van der Waals surface area contributed by atoms with Gasteiger partial charge >= 0.3 is 0 Å². The van der Waals surface area contributed by atoms with Crippen molar-refractivity contribution in [3.05, 3.63) is 107 Å². The van der Waals surface area contributed by atoms with E-state index in [9.17, 15) is 4.79 Å². The van der Waals surface area contributed by atoms with Gasteiger partial charge in [0.2, 0.25) is 5.96 Å². The zero-order chi connectivity index (χ0) is 20.9. The smallest absolute Gasteiger partial charge is 0.297 e. The van der Waals surface area contributed by atoms with Crippen LogP contribution in [0.3, 0.4) is 0 Å². The number of para-hydroxylation sites is 3. The maximum absolute atomic E-state index is 13.2. The summed E-state index contributed by atoms with van der Waals surface area (Å²) in [4.78, 5) is 17.9. The van der Waals surface area contributed by atoms with Crippen molar-refractivity contribution >= 4 is 23.0 Å². The largest absolute Gasteiger partial charge is 0.326 e. The highest BCUT2D eigenvalue weighted by Gasteiger charge is 2.16. The third-order valence-electron chi connectivity index (χ3n) is 4.82. The molecule has 0 aliphatic carbocycles. The van der Waals surface area contributed by atoms with E-state index in [1.807, 2.05) is 110 Å². The number of guanidine groups is 1. The Bertz CT molecular complexity index is 1170. The lowest BCUT2D eigenvalue weighted by molar-refractivity contribution is 0.630. The van der Waals surface area contributed by atoms with Gasteiger partial charge in [-0.2, -0.15) is 0 Å². The molecule has 0 bridgehead atoms. The molecule has 0 unspecified atom stereocenters. The minimum atomic E-state index is -0.177. The van der Waals surface area contributed by atoms with E-state index in [1.165, 1.54) is 0 Å². The summed E-state index contributed by atoms with van der Waals surface area (Å²) in [6.07, 6.45) is 0. The second-order valence-corrected chi connectivity index (χ2v) is 6.85. The van der Waals surface area contributed by atoms with Crippen molar-refractivity contribution in [3.63, 3.8) is 0 Å². The molecular weight excluding hydrogens is 374 g/mol. The van der Waals surface area contributed by atoms with Crippen LogP contribution in [0.5, 0.6) is 0 Å². The first-order valence-corrected chi connectivity index (χ1v) is 9.70. The summed E-state index contributed by atoms with van der Waals surface area (Å²) >= 11 is 0. The minimum absolute atomic E-state index is 0.177. The monoisotopic (exact) mass is 397 g/mol. The van der Waals surface area contributed by atoms with Crippen LogP contribution in [-0.4, -0.2) is 15.3 Å². The van der Waals surface area contributed by atoms with E-state index in [4.69, 9.17) is 4.99 Å². The maximum Gasteiger partial charge on any atom is 0.297 e. The third-order valence-corrected chi connectivity index (χ3v) is 4.82. The first kappa shape index (κ1) is 19.3. The van der Waals surface area contributed by atoms with Gasteiger partial charge in [0.25, 0.3) is 5.56 Å². The Morgan fingerprint density at radius 2 is 1.23 bits per heavy atom. The Morgan fingerprint density at radius 1 is 0.767 bits per heavy atom. The van der Waals surface area contributed by atoms with E-state index >= 15 is 0 Å². The Morgan fingerprint density at radius 3 is 1.73 bits per heavy atom. The topological polar surface area (TPSA) is 63.4 Å². The minimum Gasteiger partial charge on any atom is -0.326 e. The van der Waals surface area contributed by atoms with Crippen molar-refractivity contribution in [1.29, 1.82) is 0 Å². The lowest BCUT2D eigenvalue weighted by Gasteiger charge is -2.12. The second kappa shape index (κ2) is 8.53. The van der Waals surface area contributed by atoms with E-state index < -0.39 is 0 Å². The Hall–Kier alpha value is -4.06. The van der Waals surface area contributed by atoms with E-state index in [-0.39, 0.29) is 5.56 Å². The van der Waals surface area contributed by atoms with Crippen LogP contribution in [0.2, 0.25) is 0 Å². The van der Waals surface area contributed by atoms with Gasteiger partial charge < -0.3 is 10.6 Å². The Kier molecular flexibility index (Phi) is 5.48. The van der Waals surface area contributed by atoms with Gasteiger partial charge in [-0.15, -0.1) is 0 Å². The molecule has 6 heteroatoms. The van der Waals surface area contributed by atoms with Crippen molar-refractivity contribution in [1.82, 2.24) is 9.36 Å². The predicted octanol–water partition coefficient (Wildman–Crippen LogP) is 4.70. The van der Waals surface area contributed by atoms with Crippen LogP contribution < -0.4 is 16.2 Å². The van der Waals surface area contributed by atoms with Gasteiger partial charge in [0.1, 0.15) is 0 Å². The van der Waals surface area contributed by atoms with Gasteiger partial charge in [0.15, 0.2) is 5.69 Å². The van der Waals surface area contributed by atoms with Crippen molar-refractivity contribution in [2.75, 3.05) is 10.6 Å². The van der Waals surface area contributed by atoms with Gasteiger partial charge in [0, 0.05) is 18.4 Å². The quantitative estimate of drug-likeness (QED) is 0.388. The number of anilines is 2. The molecule has 0 atom stereocenters. The zero-order valence-electron chi connectivity index (χ0n) is 16.9. The van der Waals surface area contributed by atoms with Gasteiger partial charge in [-0.3, -0.25) is 9.48 Å². The number of aromatic nitrogens is 2. The molecule has 0 saturated carbocycles. The molecule has 0 aliphatic heterocycles. The number of nitrogens with zero attached hydrogens (tertiary/aromatic N) is 3. The molecule has 30 heavy (non-hydrogen) atoms. The molecule has 2 N–H and O–H groups in total. The van der Waals surface area contributed by atoms with Crippen LogP contribution in [0.25, 0.3) is 5.69 Å². The normalized spacial score (nSPS) is 10.5. The average Bonchev–Trinajstić information content (AvgIpc) is 2.99. The van der Waals surface area contributed by atoms with Gasteiger partial charge in [0.05, 0.1) is 11.4 Å². The standard InChI is InChI=1S/C24H23N5O/c1-18-22(23(30)29(28(18)2)21-16-10-5-11-17-21)27-24(25-19-12-6-3-7-13-19)26-20-14-8-4-9-15-20/h3-17H,1-2H3,(H2,25,26,27). The molecule has 4 aromatic rings. The molecule has 150 valence electrons. The molecule has 0 fully saturated rings. The van der Waals surface area contributed by atoms with Crippen LogP contribution in [-0.2, 0) is 7.05 Å². The molecule has 6 nitrogen and oxygen atoms in total. The Balaban J connectivity index is 1.79.